The fraction of sp³-hybridized carbons (Fsp3) is 0.162. The Hall–Kier alpha value is -2.58. The first-order chi connectivity index (χ1) is 19.2. The molecule has 3 heteroatoms. The van der Waals surface area contributed by atoms with Crippen LogP contribution in [0.5, 0.6) is 0 Å². The number of aryl methyl sites for hydroxylation is 4. The molecule has 0 spiro atoms. The number of benzene rings is 4. The first-order valence-corrected chi connectivity index (χ1v) is 24.3. The minimum atomic E-state index is -1.97. The van der Waals surface area contributed by atoms with Gasteiger partial charge in [0.15, 0.2) is 0 Å². The van der Waals surface area contributed by atoms with Crippen LogP contribution in [0.25, 0.3) is 43.8 Å². The maximum Gasteiger partial charge on any atom is -0.0247 e. The molecule has 0 N–H and O–H groups in total. The molecule has 0 saturated heterocycles. The molecule has 40 heavy (non-hydrogen) atoms. The molecule has 0 amide bonds. The van der Waals surface area contributed by atoms with Crippen LogP contribution in [0.2, 0.25) is 0 Å². The average molecular weight is 730 g/mol. The molecule has 0 aliphatic carbocycles. The van der Waals surface area contributed by atoms with Crippen molar-refractivity contribution in [2.45, 2.75) is 41.5 Å². The Morgan fingerprint density at radius 2 is 0.950 bits per heavy atom. The van der Waals surface area contributed by atoms with E-state index in [1.807, 2.05) is 13.8 Å². The molecule has 0 aliphatic rings. The van der Waals surface area contributed by atoms with Crippen LogP contribution < -0.4 is 0 Å². The van der Waals surface area contributed by atoms with Gasteiger partial charge in [-0.2, -0.15) is 24.3 Å². The van der Waals surface area contributed by atoms with Crippen LogP contribution in [0.1, 0.15) is 36.1 Å². The normalized spacial score (nSPS) is 10.5. The summed E-state index contributed by atoms with van der Waals surface area (Å²) in [5, 5.41) is 5.34. The zero-order valence-electron chi connectivity index (χ0n) is 24.1. The summed E-state index contributed by atoms with van der Waals surface area (Å²) in [6, 6.07) is 39.3. The monoisotopic (exact) mass is 730 g/mol. The van der Waals surface area contributed by atoms with Crippen molar-refractivity contribution in [3.63, 3.8) is 0 Å². The molecule has 0 radical (unpaired) electrons. The van der Waals surface area contributed by atoms with E-state index in [-0.39, 0.29) is 0 Å². The second-order valence-corrected chi connectivity index (χ2v) is 23.8. The molecule has 6 aromatic carbocycles. The van der Waals surface area contributed by atoms with Gasteiger partial charge in [-0.25, -0.2) is 0 Å². The van der Waals surface area contributed by atoms with Crippen LogP contribution in [0.4, 0.5) is 0 Å². The Bertz CT molecular complexity index is 1640. The second-order valence-electron chi connectivity index (χ2n) is 10.6. The summed E-state index contributed by atoms with van der Waals surface area (Å²) in [7, 11) is 11.1. The minimum absolute atomic E-state index is 1.25. The first-order valence-electron chi connectivity index (χ1n) is 13.6. The summed E-state index contributed by atoms with van der Waals surface area (Å²) in [6.07, 6.45) is 0. The van der Waals surface area contributed by atoms with Crippen LogP contribution in [0.15, 0.2) is 109 Å². The van der Waals surface area contributed by atoms with Crippen LogP contribution in [-0.4, -0.2) is 3.26 Å². The van der Waals surface area contributed by atoms with E-state index in [0.717, 1.165) is 0 Å². The van der Waals surface area contributed by atoms with Crippen molar-refractivity contribution >= 4 is 42.0 Å². The van der Waals surface area contributed by atoms with E-state index in [4.69, 9.17) is 17.2 Å². The molecule has 0 nitrogen and oxygen atoms in total. The standard InChI is InChI=1S/2C17H15.C3H6.2ClH.Hf/c2*1-12-9-10-13(2)17(11-12)16-8-4-6-14-5-3-7-15(14)16;1-3-2;;;/h2*3-11H,1-2H3;1-2H3;2*1H;/q2*-1;;;;+2/p-2. The van der Waals surface area contributed by atoms with Crippen molar-refractivity contribution in [1.29, 1.82) is 0 Å². The molecule has 0 fully saturated rings. The number of halogens is 2. The number of hydrogen-bond donors (Lipinski definition) is 0. The first kappa shape index (κ1) is 30.4. The van der Waals surface area contributed by atoms with E-state index in [2.05, 4.69) is 137 Å². The van der Waals surface area contributed by atoms with Gasteiger partial charge < -0.3 is 0 Å². The Labute approximate surface area is 254 Å². The summed E-state index contributed by atoms with van der Waals surface area (Å²) < 4.78 is 1.25. The van der Waals surface area contributed by atoms with Crippen molar-refractivity contribution in [2.75, 3.05) is 0 Å². The topological polar surface area (TPSA) is 0 Å². The summed E-state index contributed by atoms with van der Waals surface area (Å²) in [5.74, 6) is 0. The quantitative estimate of drug-likeness (QED) is 0.123. The van der Waals surface area contributed by atoms with E-state index < -0.39 is 18.6 Å². The fourth-order valence-corrected chi connectivity index (χ4v) is 4.85. The van der Waals surface area contributed by atoms with Crippen LogP contribution >= 0.6 is 17.2 Å². The molecule has 204 valence electrons. The van der Waals surface area contributed by atoms with Crippen LogP contribution in [0, 0.1) is 27.7 Å². The Morgan fingerprint density at radius 3 is 1.32 bits per heavy atom. The molecule has 0 heterocycles. The molecule has 0 saturated carbocycles. The maximum atomic E-state index is 5.55. The summed E-state index contributed by atoms with van der Waals surface area (Å²) in [5.41, 5.74) is 10.7. The van der Waals surface area contributed by atoms with Crippen LogP contribution in [0.3, 0.4) is 0 Å². The molecule has 0 atom stereocenters. The number of hydrogen-bond acceptors (Lipinski definition) is 0. The zero-order valence-corrected chi connectivity index (χ0v) is 29.3. The molecular weight excluding hydrogens is 694 g/mol. The van der Waals surface area contributed by atoms with Gasteiger partial charge in [0.1, 0.15) is 0 Å². The Morgan fingerprint density at radius 1 is 0.550 bits per heavy atom. The van der Waals surface area contributed by atoms with Gasteiger partial charge in [0.2, 0.25) is 0 Å². The molecular formula is C37H36Cl2Hf-2. The van der Waals surface area contributed by atoms with Crippen molar-refractivity contribution in [3.8, 4) is 22.3 Å². The molecule has 6 aromatic rings. The van der Waals surface area contributed by atoms with Crippen molar-refractivity contribution < 1.29 is 18.6 Å². The fourth-order valence-electron chi connectivity index (χ4n) is 4.85. The minimum Gasteiger partial charge on any atom is -0.168 e. The van der Waals surface area contributed by atoms with Crippen LogP contribution in [-0.2, 0) is 18.6 Å². The predicted molar refractivity (Wildman–Crippen MR) is 177 cm³/mol. The smallest absolute Gasteiger partial charge is 0.0247 e. The molecule has 0 aromatic heterocycles. The van der Waals surface area contributed by atoms with Crippen molar-refractivity contribution in [1.82, 2.24) is 0 Å². The second kappa shape index (κ2) is 13.9. The number of rotatable bonds is 2. The molecule has 0 unspecified atom stereocenters. The summed E-state index contributed by atoms with van der Waals surface area (Å²) in [4.78, 5) is 0. The molecule has 0 aliphatic heterocycles. The van der Waals surface area contributed by atoms with Gasteiger partial charge >= 0.3 is 52.8 Å². The van der Waals surface area contributed by atoms with Crippen molar-refractivity contribution in [2.24, 2.45) is 0 Å². The molecule has 6 rings (SSSR count). The Balaban J connectivity index is 0.000000155. The van der Waals surface area contributed by atoms with Gasteiger partial charge in [0.25, 0.3) is 0 Å². The third-order valence-corrected chi connectivity index (χ3v) is 16.0. The third-order valence-electron chi connectivity index (χ3n) is 7.10. The predicted octanol–water partition coefficient (Wildman–Crippen LogP) is 11.8. The van der Waals surface area contributed by atoms with E-state index in [1.165, 1.54) is 69.3 Å². The SMILES string of the molecule is C[C](C)=[Hf]([Cl])[Cl].Cc1ccc(C)c(-c2cccc3[cH-]ccc23)c1.Cc1ccc(C)c(-c2cccc3[cH-]ccc23)c1. The van der Waals surface area contributed by atoms with Crippen molar-refractivity contribution in [3.05, 3.63) is 131 Å². The average Bonchev–Trinajstić information content (AvgIpc) is 3.62. The molecule has 0 bridgehead atoms. The zero-order chi connectivity index (χ0) is 28.8. The van der Waals surface area contributed by atoms with E-state index in [9.17, 15) is 0 Å². The van der Waals surface area contributed by atoms with Gasteiger partial charge in [0.05, 0.1) is 0 Å². The van der Waals surface area contributed by atoms with E-state index in [1.54, 1.807) is 0 Å². The third kappa shape index (κ3) is 7.38. The summed E-state index contributed by atoms with van der Waals surface area (Å²) >= 11 is -1.97. The van der Waals surface area contributed by atoms with Gasteiger partial charge in [-0.15, -0.1) is 57.9 Å². The Kier molecular flexibility index (Phi) is 10.5. The van der Waals surface area contributed by atoms with E-state index in [0.29, 0.717) is 0 Å². The maximum absolute atomic E-state index is 5.55. The van der Waals surface area contributed by atoms with Gasteiger partial charge in [-0.05, 0) is 49.9 Å². The van der Waals surface area contributed by atoms with Gasteiger partial charge in [-0.1, -0.05) is 70.8 Å². The van der Waals surface area contributed by atoms with Gasteiger partial charge in [-0.3, -0.25) is 0 Å². The number of fused-ring (bicyclic) bond motifs is 2. The summed E-state index contributed by atoms with van der Waals surface area (Å²) in [6.45, 7) is 12.6. The largest absolute Gasteiger partial charge is 0.168 e. The van der Waals surface area contributed by atoms with Gasteiger partial charge in [0, 0.05) is 0 Å². The van der Waals surface area contributed by atoms with E-state index >= 15 is 0 Å².